The zero-order valence-electron chi connectivity index (χ0n) is 17.4. The molecule has 1 aromatic carbocycles. The van der Waals surface area contributed by atoms with Crippen molar-refractivity contribution in [2.75, 3.05) is 6.61 Å². The normalized spacial score (nSPS) is 11.2. The van der Waals surface area contributed by atoms with Gasteiger partial charge in [0.15, 0.2) is 17.8 Å². The van der Waals surface area contributed by atoms with E-state index in [-0.39, 0.29) is 11.2 Å². The molecule has 3 rings (SSSR count). The van der Waals surface area contributed by atoms with Crippen LogP contribution in [0, 0.1) is 0 Å². The first-order chi connectivity index (χ1) is 14.4. The Bertz CT molecular complexity index is 1170. The van der Waals surface area contributed by atoms with Gasteiger partial charge in [-0.2, -0.15) is 0 Å². The van der Waals surface area contributed by atoms with Crippen molar-refractivity contribution >= 4 is 17.1 Å². The zero-order chi connectivity index (χ0) is 21.8. The first-order valence-corrected chi connectivity index (χ1v) is 10.1. The molecule has 9 nitrogen and oxygen atoms in total. The Labute approximate surface area is 173 Å². The lowest BCUT2D eigenvalue weighted by Gasteiger charge is -2.11. The largest absolute Gasteiger partial charge is 0.482 e. The summed E-state index contributed by atoms with van der Waals surface area (Å²) in [5, 5.41) is 8.74. The maximum absolute atomic E-state index is 13.1. The second-order valence-electron chi connectivity index (χ2n) is 6.95. The van der Waals surface area contributed by atoms with Crippen molar-refractivity contribution in [1.29, 1.82) is 0 Å². The quantitative estimate of drug-likeness (QED) is 0.576. The lowest BCUT2D eigenvalue weighted by atomic mass is 10.2. The van der Waals surface area contributed by atoms with Crippen molar-refractivity contribution in [3.8, 4) is 17.1 Å². The molecule has 1 N–H and O–H groups in total. The van der Waals surface area contributed by atoms with Gasteiger partial charge in [0.1, 0.15) is 11.6 Å². The van der Waals surface area contributed by atoms with E-state index >= 15 is 0 Å². The number of nitrogens with zero attached hydrogens (tertiary/aromatic N) is 4. The number of hydrogen-bond acceptors (Lipinski definition) is 5. The van der Waals surface area contributed by atoms with Crippen molar-refractivity contribution in [2.24, 2.45) is 0 Å². The van der Waals surface area contributed by atoms with Crippen LogP contribution in [-0.2, 0) is 24.4 Å². The Kier molecular flexibility index (Phi) is 6.39. The van der Waals surface area contributed by atoms with Crippen molar-refractivity contribution in [2.45, 2.75) is 53.2 Å². The Morgan fingerprint density at radius 1 is 1.00 bits per heavy atom. The maximum Gasteiger partial charge on any atom is 0.341 e. The van der Waals surface area contributed by atoms with Gasteiger partial charge in [0.2, 0.25) is 0 Å². The van der Waals surface area contributed by atoms with Crippen LogP contribution in [0.3, 0.4) is 0 Å². The van der Waals surface area contributed by atoms with Gasteiger partial charge in [0.05, 0.1) is 0 Å². The zero-order valence-corrected chi connectivity index (χ0v) is 17.4. The van der Waals surface area contributed by atoms with Crippen molar-refractivity contribution in [3.63, 3.8) is 0 Å². The van der Waals surface area contributed by atoms with E-state index in [4.69, 9.17) is 9.84 Å². The molecule has 0 radical (unpaired) electrons. The van der Waals surface area contributed by atoms with Gasteiger partial charge >= 0.3 is 11.7 Å². The third-order valence-corrected chi connectivity index (χ3v) is 4.80. The molecule has 0 amide bonds. The molecular formula is C21H26N4O5. The molecule has 0 unspecified atom stereocenters. The van der Waals surface area contributed by atoms with Gasteiger partial charge < -0.3 is 14.4 Å². The number of ether oxygens (including phenoxy) is 1. The molecular weight excluding hydrogens is 388 g/mol. The van der Waals surface area contributed by atoms with Gasteiger partial charge in [-0.05, 0) is 44.0 Å². The average molecular weight is 414 g/mol. The lowest BCUT2D eigenvalue weighted by molar-refractivity contribution is -0.139. The Hall–Kier alpha value is -3.36. The summed E-state index contributed by atoms with van der Waals surface area (Å²) < 4.78 is 9.86. The average Bonchev–Trinajstić information content (AvgIpc) is 3.12. The summed E-state index contributed by atoms with van der Waals surface area (Å²) in [6, 6.07) is 6.84. The van der Waals surface area contributed by atoms with E-state index in [1.165, 1.54) is 4.57 Å². The molecule has 0 saturated carbocycles. The first kappa shape index (κ1) is 21.4. The Morgan fingerprint density at radius 3 is 2.20 bits per heavy atom. The molecule has 0 aliphatic rings. The number of aliphatic carboxylic acids is 1. The molecule has 30 heavy (non-hydrogen) atoms. The van der Waals surface area contributed by atoms with E-state index in [1.807, 2.05) is 25.3 Å². The van der Waals surface area contributed by atoms with Crippen molar-refractivity contribution in [3.05, 3.63) is 45.1 Å². The summed E-state index contributed by atoms with van der Waals surface area (Å²) in [4.78, 5) is 41.4. The lowest BCUT2D eigenvalue weighted by Crippen LogP contribution is -2.40. The van der Waals surface area contributed by atoms with Crippen LogP contribution in [0.4, 0.5) is 0 Å². The second kappa shape index (κ2) is 8.98. The Balaban J connectivity index is 2.20. The summed E-state index contributed by atoms with van der Waals surface area (Å²) in [7, 11) is 0. The van der Waals surface area contributed by atoms with Gasteiger partial charge in [0, 0.05) is 25.2 Å². The van der Waals surface area contributed by atoms with Crippen LogP contribution in [0.25, 0.3) is 22.6 Å². The minimum absolute atomic E-state index is 0.328. The van der Waals surface area contributed by atoms with Crippen LogP contribution < -0.4 is 16.0 Å². The van der Waals surface area contributed by atoms with Crippen LogP contribution >= 0.6 is 0 Å². The summed E-state index contributed by atoms with van der Waals surface area (Å²) in [6.07, 6.45) is 1.42. The van der Waals surface area contributed by atoms with E-state index in [9.17, 15) is 14.4 Å². The van der Waals surface area contributed by atoms with Crippen LogP contribution in [0.1, 0.15) is 33.6 Å². The highest BCUT2D eigenvalue weighted by molar-refractivity contribution is 5.77. The molecule has 0 atom stereocenters. The predicted octanol–water partition coefficient (Wildman–Crippen LogP) is 2.33. The van der Waals surface area contributed by atoms with Gasteiger partial charge in [-0.25, -0.2) is 14.6 Å². The van der Waals surface area contributed by atoms with Gasteiger partial charge in [0.25, 0.3) is 5.56 Å². The summed E-state index contributed by atoms with van der Waals surface area (Å²) in [6.45, 7) is 6.74. The fraction of sp³-hybridized carbons (Fsp3) is 0.429. The van der Waals surface area contributed by atoms with Gasteiger partial charge in [-0.3, -0.25) is 13.9 Å². The number of carbonyl (C=O) groups is 1. The molecule has 0 saturated heterocycles. The topological polar surface area (TPSA) is 108 Å². The minimum atomic E-state index is -1.05. The fourth-order valence-corrected chi connectivity index (χ4v) is 3.51. The fourth-order valence-electron chi connectivity index (χ4n) is 3.51. The molecule has 0 fully saturated rings. The number of aromatic nitrogens is 4. The number of carboxylic acids is 1. The predicted molar refractivity (Wildman–Crippen MR) is 113 cm³/mol. The van der Waals surface area contributed by atoms with Crippen LogP contribution in [0.2, 0.25) is 0 Å². The van der Waals surface area contributed by atoms with Crippen LogP contribution in [-0.4, -0.2) is 36.4 Å². The van der Waals surface area contributed by atoms with E-state index in [0.717, 1.165) is 12.0 Å². The van der Waals surface area contributed by atoms with E-state index in [2.05, 4.69) is 4.98 Å². The summed E-state index contributed by atoms with van der Waals surface area (Å²) >= 11 is 0. The molecule has 0 aliphatic carbocycles. The smallest absolute Gasteiger partial charge is 0.341 e. The Morgan fingerprint density at radius 2 is 1.63 bits per heavy atom. The van der Waals surface area contributed by atoms with Crippen LogP contribution in [0.5, 0.6) is 5.75 Å². The van der Waals surface area contributed by atoms with Crippen molar-refractivity contribution < 1.29 is 14.6 Å². The maximum atomic E-state index is 13.1. The van der Waals surface area contributed by atoms with E-state index < -0.39 is 12.6 Å². The molecule has 3 aromatic rings. The van der Waals surface area contributed by atoms with Gasteiger partial charge in [-0.15, -0.1) is 0 Å². The first-order valence-electron chi connectivity index (χ1n) is 10.1. The highest BCUT2D eigenvalue weighted by atomic mass is 16.5. The number of aryl methyl sites for hydroxylation is 2. The van der Waals surface area contributed by atoms with Crippen LogP contribution in [0.15, 0.2) is 33.9 Å². The number of benzene rings is 1. The third-order valence-electron chi connectivity index (χ3n) is 4.80. The molecule has 9 heteroatoms. The number of imidazole rings is 1. The van der Waals surface area contributed by atoms with Gasteiger partial charge in [-0.1, -0.05) is 13.8 Å². The molecule has 0 bridgehead atoms. The second-order valence-corrected chi connectivity index (χ2v) is 6.95. The summed E-state index contributed by atoms with van der Waals surface area (Å²) in [5.74, 6) is -0.0505. The summed E-state index contributed by atoms with van der Waals surface area (Å²) in [5.41, 5.74) is 0.891. The molecule has 2 heterocycles. The standard InChI is InChI=1S/C21H26N4O5/c1-4-11-24-19-17(20(28)25(12-5-2)21(24)29)23(6-3)18(22-19)14-7-9-15(10-8-14)30-13-16(26)27/h7-10H,4-6,11-13H2,1-3H3,(H,26,27). The molecule has 0 spiro atoms. The SMILES string of the molecule is CCCn1c(=O)c2c(nc(-c3ccc(OCC(=O)O)cc3)n2CC)n(CCC)c1=O. The van der Waals surface area contributed by atoms with Crippen molar-refractivity contribution in [1.82, 2.24) is 18.7 Å². The molecule has 2 aromatic heterocycles. The number of carboxylic acid groups (broad SMARTS) is 1. The highest BCUT2D eigenvalue weighted by Gasteiger charge is 2.21. The number of fused-ring (bicyclic) bond motifs is 1. The third kappa shape index (κ3) is 3.87. The number of rotatable bonds is 9. The molecule has 0 aliphatic heterocycles. The minimum Gasteiger partial charge on any atom is -0.482 e. The van der Waals surface area contributed by atoms with E-state index in [0.29, 0.717) is 48.8 Å². The monoisotopic (exact) mass is 414 g/mol. The number of hydrogen-bond donors (Lipinski definition) is 1. The van der Waals surface area contributed by atoms with E-state index in [1.54, 1.807) is 28.8 Å². The highest BCUT2D eigenvalue weighted by Crippen LogP contribution is 2.25. The molecule has 160 valence electrons.